The highest BCUT2D eigenvalue weighted by Gasteiger charge is 2.25. The Hall–Kier alpha value is -2.49. The van der Waals surface area contributed by atoms with Crippen molar-refractivity contribution in [1.29, 1.82) is 0 Å². The number of fused-ring (bicyclic) bond motifs is 1. The van der Waals surface area contributed by atoms with Crippen LogP contribution in [0.25, 0.3) is 0 Å². The lowest BCUT2D eigenvalue weighted by molar-refractivity contribution is 0.0935. The van der Waals surface area contributed by atoms with Gasteiger partial charge in [0.15, 0.2) is 0 Å². The number of amides is 1. The van der Waals surface area contributed by atoms with Crippen LogP contribution in [0.5, 0.6) is 5.75 Å². The van der Waals surface area contributed by atoms with Gasteiger partial charge in [0.2, 0.25) is 0 Å². The molecule has 0 unspecified atom stereocenters. The molecule has 0 bridgehead atoms. The van der Waals surface area contributed by atoms with Crippen LogP contribution in [0.2, 0.25) is 0 Å². The predicted molar refractivity (Wildman–Crippen MR) is 87.1 cm³/mol. The summed E-state index contributed by atoms with van der Waals surface area (Å²) in [5, 5.41) is 6.35. The van der Waals surface area contributed by atoms with Gasteiger partial charge in [-0.05, 0) is 24.6 Å². The first kappa shape index (κ1) is 14.4. The molecule has 0 saturated carbocycles. The van der Waals surface area contributed by atoms with Crippen LogP contribution in [0.15, 0.2) is 48.5 Å². The summed E-state index contributed by atoms with van der Waals surface area (Å²) in [6.07, 6.45) is 1.83. The molecule has 4 nitrogen and oxygen atoms in total. The van der Waals surface area contributed by atoms with Crippen molar-refractivity contribution in [2.24, 2.45) is 0 Å². The van der Waals surface area contributed by atoms with Gasteiger partial charge in [-0.3, -0.25) is 4.79 Å². The van der Waals surface area contributed by atoms with E-state index >= 15 is 0 Å². The predicted octanol–water partition coefficient (Wildman–Crippen LogP) is 3.72. The van der Waals surface area contributed by atoms with E-state index in [0.717, 1.165) is 29.8 Å². The maximum atomic E-state index is 12.2. The van der Waals surface area contributed by atoms with E-state index in [1.807, 2.05) is 48.5 Å². The molecule has 3 rings (SSSR count). The highest BCUT2D eigenvalue weighted by molar-refractivity contribution is 6.01. The lowest BCUT2D eigenvalue weighted by Crippen LogP contribution is -2.38. The van der Waals surface area contributed by atoms with Crippen LogP contribution in [0.4, 0.5) is 5.69 Å². The molecule has 2 N–H and O–H groups in total. The number of hydrogen-bond acceptors (Lipinski definition) is 3. The van der Waals surface area contributed by atoms with Gasteiger partial charge in [0.05, 0.1) is 12.2 Å². The number of ether oxygens (including phenoxy) is 1. The van der Waals surface area contributed by atoms with Crippen molar-refractivity contribution in [1.82, 2.24) is 5.32 Å². The van der Waals surface area contributed by atoms with Gasteiger partial charge in [-0.25, -0.2) is 0 Å². The van der Waals surface area contributed by atoms with E-state index in [-0.39, 0.29) is 12.1 Å². The quantitative estimate of drug-likeness (QED) is 0.827. The minimum atomic E-state index is -0.278. The molecule has 4 heteroatoms. The third kappa shape index (κ3) is 2.91. The largest absolute Gasteiger partial charge is 0.493 e. The maximum absolute atomic E-state index is 12.2. The van der Waals surface area contributed by atoms with Gasteiger partial charge in [-0.15, -0.1) is 0 Å². The standard InChI is InChI=1S/C18H20N2O2/c1-2-3-12-22-16-11-7-5-9-14(16)17-19-15-10-6-4-8-13(15)18(21)20-17/h4-11,17,19H,2-3,12H2,1H3,(H,20,21)/t17-/m1/s1. The Morgan fingerprint density at radius 3 is 2.68 bits per heavy atom. The second-order valence-electron chi connectivity index (χ2n) is 5.34. The second-order valence-corrected chi connectivity index (χ2v) is 5.34. The minimum Gasteiger partial charge on any atom is -0.493 e. The van der Waals surface area contributed by atoms with E-state index < -0.39 is 0 Å². The normalized spacial score (nSPS) is 16.4. The number of benzene rings is 2. The number of para-hydroxylation sites is 2. The molecule has 2 aromatic carbocycles. The number of carbonyl (C=O) groups is 1. The molecule has 114 valence electrons. The summed E-state index contributed by atoms with van der Waals surface area (Å²) in [4.78, 5) is 12.2. The Morgan fingerprint density at radius 1 is 1.05 bits per heavy atom. The number of rotatable bonds is 5. The molecule has 1 atom stereocenters. The number of anilines is 1. The lowest BCUT2D eigenvalue weighted by Gasteiger charge is -2.29. The van der Waals surface area contributed by atoms with Crippen LogP contribution in [0.3, 0.4) is 0 Å². The Morgan fingerprint density at radius 2 is 1.82 bits per heavy atom. The zero-order valence-corrected chi connectivity index (χ0v) is 12.6. The van der Waals surface area contributed by atoms with Crippen LogP contribution >= 0.6 is 0 Å². The number of nitrogens with one attached hydrogen (secondary N) is 2. The third-order valence-electron chi connectivity index (χ3n) is 3.73. The Labute approximate surface area is 130 Å². The fourth-order valence-corrected chi connectivity index (χ4v) is 2.54. The van der Waals surface area contributed by atoms with E-state index in [0.29, 0.717) is 12.2 Å². The molecule has 1 aliphatic heterocycles. The number of carbonyl (C=O) groups excluding carboxylic acids is 1. The molecule has 0 aliphatic carbocycles. The van der Waals surface area contributed by atoms with Gasteiger partial charge >= 0.3 is 0 Å². The van der Waals surface area contributed by atoms with E-state index in [1.165, 1.54) is 0 Å². The highest BCUT2D eigenvalue weighted by atomic mass is 16.5. The van der Waals surface area contributed by atoms with Crippen LogP contribution in [-0.4, -0.2) is 12.5 Å². The first-order valence-electron chi connectivity index (χ1n) is 7.67. The van der Waals surface area contributed by atoms with Crippen molar-refractivity contribution in [2.75, 3.05) is 11.9 Å². The average Bonchev–Trinajstić information content (AvgIpc) is 2.55. The Kier molecular flexibility index (Phi) is 4.28. The zero-order valence-electron chi connectivity index (χ0n) is 12.6. The van der Waals surface area contributed by atoms with Gasteiger partial charge < -0.3 is 15.4 Å². The SMILES string of the molecule is CCCCOc1ccccc1[C@H]1NC(=O)c2ccccc2N1. The summed E-state index contributed by atoms with van der Waals surface area (Å²) in [7, 11) is 0. The summed E-state index contributed by atoms with van der Waals surface area (Å²) in [5.74, 6) is 0.746. The van der Waals surface area contributed by atoms with Crippen molar-refractivity contribution in [3.63, 3.8) is 0 Å². The first-order valence-corrected chi connectivity index (χ1v) is 7.67. The van der Waals surface area contributed by atoms with E-state index in [1.54, 1.807) is 0 Å². The fraction of sp³-hybridized carbons (Fsp3) is 0.278. The van der Waals surface area contributed by atoms with Crippen molar-refractivity contribution < 1.29 is 9.53 Å². The Bertz CT molecular complexity index is 670. The van der Waals surface area contributed by atoms with E-state index in [9.17, 15) is 4.79 Å². The van der Waals surface area contributed by atoms with Crippen LogP contribution < -0.4 is 15.4 Å². The Balaban J connectivity index is 1.85. The molecule has 22 heavy (non-hydrogen) atoms. The van der Waals surface area contributed by atoms with E-state index in [4.69, 9.17) is 4.74 Å². The highest BCUT2D eigenvalue weighted by Crippen LogP contribution is 2.31. The number of unbranched alkanes of at least 4 members (excludes halogenated alkanes) is 1. The van der Waals surface area contributed by atoms with Gasteiger partial charge in [-0.2, -0.15) is 0 Å². The first-order chi connectivity index (χ1) is 10.8. The summed E-state index contributed by atoms with van der Waals surface area (Å²) >= 11 is 0. The molecule has 2 aromatic rings. The molecule has 0 fully saturated rings. The smallest absolute Gasteiger partial charge is 0.255 e. The van der Waals surface area contributed by atoms with Crippen LogP contribution in [0.1, 0.15) is 41.9 Å². The van der Waals surface area contributed by atoms with Crippen LogP contribution in [0, 0.1) is 0 Å². The monoisotopic (exact) mass is 296 g/mol. The van der Waals surface area contributed by atoms with Gasteiger partial charge in [0.25, 0.3) is 5.91 Å². The molecular formula is C18H20N2O2. The summed E-state index contributed by atoms with van der Waals surface area (Å²) in [6, 6.07) is 15.3. The second kappa shape index (κ2) is 6.52. The molecule has 1 heterocycles. The minimum absolute atomic E-state index is 0.0669. The summed E-state index contributed by atoms with van der Waals surface area (Å²) in [5.41, 5.74) is 2.46. The molecule has 0 aromatic heterocycles. The topological polar surface area (TPSA) is 50.4 Å². The lowest BCUT2D eigenvalue weighted by atomic mass is 10.1. The van der Waals surface area contributed by atoms with Crippen molar-refractivity contribution >= 4 is 11.6 Å². The summed E-state index contributed by atoms with van der Waals surface area (Å²) in [6.45, 7) is 2.82. The molecule has 1 aliphatic rings. The van der Waals surface area contributed by atoms with Crippen molar-refractivity contribution in [2.45, 2.75) is 25.9 Å². The molecule has 0 radical (unpaired) electrons. The van der Waals surface area contributed by atoms with Gasteiger partial charge in [0, 0.05) is 11.3 Å². The van der Waals surface area contributed by atoms with Crippen LogP contribution in [-0.2, 0) is 0 Å². The molecule has 0 saturated heterocycles. The number of hydrogen-bond donors (Lipinski definition) is 2. The van der Waals surface area contributed by atoms with Gasteiger partial charge in [0.1, 0.15) is 11.9 Å². The third-order valence-corrected chi connectivity index (χ3v) is 3.73. The van der Waals surface area contributed by atoms with E-state index in [2.05, 4.69) is 17.6 Å². The van der Waals surface area contributed by atoms with Crippen molar-refractivity contribution in [3.05, 3.63) is 59.7 Å². The molecular weight excluding hydrogens is 276 g/mol. The fourth-order valence-electron chi connectivity index (χ4n) is 2.54. The average molecular weight is 296 g/mol. The maximum Gasteiger partial charge on any atom is 0.255 e. The molecule has 1 amide bonds. The zero-order chi connectivity index (χ0) is 15.4. The molecule has 0 spiro atoms. The summed E-state index contributed by atoms with van der Waals surface area (Å²) < 4.78 is 5.86. The van der Waals surface area contributed by atoms with Crippen molar-refractivity contribution in [3.8, 4) is 5.75 Å². The van der Waals surface area contributed by atoms with Gasteiger partial charge in [-0.1, -0.05) is 43.7 Å².